The van der Waals surface area contributed by atoms with E-state index < -0.39 is 0 Å². The summed E-state index contributed by atoms with van der Waals surface area (Å²) < 4.78 is 0. The van der Waals surface area contributed by atoms with Gasteiger partial charge in [-0.15, -0.1) is 0 Å². The number of hydrogen-bond acceptors (Lipinski definition) is 3. The van der Waals surface area contributed by atoms with Crippen molar-refractivity contribution in [3.8, 4) is 0 Å². The molecule has 5 nitrogen and oxygen atoms in total. The van der Waals surface area contributed by atoms with Gasteiger partial charge < -0.3 is 15.5 Å². The fourth-order valence-electron chi connectivity index (χ4n) is 3.34. The van der Waals surface area contributed by atoms with E-state index in [1.165, 1.54) is 0 Å². The predicted molar refractivity (Wildman–Crippen MR) is 114 cm³/mol. The van der Waals surface area contributed by atoms with E-state index in [-0.39, 0.29) is 17.9 Å². The maximum absolute atomic E-state index is 12.9. The summed E-state index contributed by atoms with van der Waals surface area (Å²) in [6.07, 6.45) is 3.14. The highest BCUT2D eigenvalue weighted by atomic mass is 16.2. The molecular weight excluding hydrogens is 350 g/mol. The Morgan fingerprint density at radius 3 is 2.36 bits per heavy atom. The molecule has 0 bridgehead atoms. The third-order valence-corrected chi connectivity index (χ3v) is 5.25. The van der Waals surface area contributed by atoms with Gasteiger partial charge in [0.2, 0.25) is 0 Å². The molecule has 0 aromatic heterocycles. The van der Waals surface area contributed by atoms with Gasteiger partial charge in [0.15, 0.2) is 0 Å². The number of rotatable bonds is 6. The number of hydrogen-bond donors (Lipinski definition) is 2. The first-order valence-corrected chi connectivity index (χ1v) is 10.1. The van der Waals surface area contributed by atoms with Crippen LogP contribution in [0.25, 0.3) is 0 Å². The summed E-state index contributed by atoms with van der Waals surface area (Å²) in [5.74, 6) is -0.273. The van der Waals surface area contributed by atoms with E-state index in [1.54, 1.807) is 18.2 Å². The number of carbonyl (C=O) groups excluding carboxylic acids is 2. The average molecular weight is 380 g/mol. The molecule has 148 valence electrons. The average Bonchev–Trinajstić information content (AvgIpc) is 3.22. The Balaban J connectivity index is 1.85. The van der Waals surface area contributed by atoms with Crippen LogP contribution in [0.15, 0.2) is 42.5 Å². The molecule has 0 radical (unpaired) electrons. The fraction of sp³-hybridized carbons (Fsp3) is 0.391. The molecule has 2 aromatic rings. The van der Waals surface area contributed by atoms with Gasteiger partial charge in [0.25, 0.3) is 11.8 Å². The molecule has 1 aliphatic rings. The number of nitrogens with zero attached hydrogens (tertiary/aromatic N) is 1. The van der Waals surface area contributed by atoms with E-state index in [0.717, 1.165) is 43.6 Å². The lowest BCUT2D eigenvalue weighted by molar-refractivity contribution is 0.0938. The van der Waals surface area contributed by atoms with Crippen LogP contribution >= 0.6 is 0 Å². The summed E-state index contributed by atoms with van der Waals surface area (Å²) in [5, 5.41) is 5.97. The van der Waals surface area contributed by atoms with E-state index in [1.807, 2.05) is 45.0 Å². The molecule has 28 heavy (non-hydrogen) atoms. The minimum Gasteiger partial charge on any atom is -0.371 e. The summed E-state index contributed by atoms with van der Waals surface area (Å²) in [6, 6.07) is 13.1. The number of benzene rings is 2. The van der Waals surface area contributed by atoms with Gasteiger partial charge >= 0.3 is 0 Å². The number of carbonyl (C=O) groups is 2. The molecule has 3 rings (SSSR count). The van der Waals surface area contributed by atoms with Crippen LogP contribution in [0.3, 0.4) is 0 Å². The zero-order valence-corrected chi connectivity index (χ0v) is 16.9. The Kier molecular flexibility index (Phi) is 6.34. The molecule has 1 aliphatic heterocycles. The maximum atomic E-state index is 12.9. The summed E-state index contributed by atoms with van der Waals surface area (Å²) in [4.78, 5) is 27.7. The van der Waals surface area contributed by atoms with Gasteiger partial charge in [-0.25, -0.2) is 0 Å². The highest BCUT2D eigenvalue weighted by molar-refractivity contribution is 6.06. The quantitative estimate of drug-likeness (QED) is 0.783. The number of aryl methyl sites for hydroxylation is 1. The minimum atomic E-state index is -0.179. The molecule has 0 aliphatic carbocycles. The number of nitrogens with one attached hydrogen (secondary N) is 2. The van der Waals surface area contributed by atoms with Crippen LogP contribution in [-0.2, 0) is 0 Å². The zero-order valence-electron chi connectivity index (χ0n) is 16.9. The lowest BCUT2D eigenvalue weighted by Crippen LogP contribution is -2.33. The minimum absolute atomic E-state index is 0.0947. The molecule has 1 saturated heterocycles. The van der Waals surface area contributed by atoms with Crippen LogP contribution in [0.4, 0.5) is 11.4 Å². The van der Waals surface area contributed by atoms with E-state index in [0.29, 0.717) is 16.8 Å². The zero-order chi connectivity index (χ0) is 20.1. The molecule has 0 saturated carbocycles. The van der Waals surface area contributed by atoms with Crippen molar-refractivity contribution in [1.29, 1.82) is 0 Å². The first-order chi connectivity index (χ1) is 13.5. The molecule has 5 heteroatoms. The smallest absolute Gasteiger partial charge is 0.255 e. The number of amides is 2. The third-order valence-electron chi connectivity index (χ3n) is 5.25. The van der Waals surface area contributed by atoms with Crippen molar-refractivity contribution < 1.29 is 9.59 Å². The van der Waals surface area contributed by atoms with Crippen molar-refractivity contribution in [2.75, 3.05) is 23.3 Å². The van der Waals surface area contributed by atoms with Gasteiger partial charge in [-0.3, -0.25) is 9.59 Å². The normalized spacial score (nSPS) is 14.6. The predicted octanol–water partition coefficient (Wildman–Crippen LogP) is 4.38. The van der Waals surface area contributed by atoms with Crippen molar-refractivity contribution in [1.82, 2.24) is 5.32 Å². The van der Waals surface area contributed by atoms with E-state index in [2.05, 4.69) is 15.5 Å². The molecule has 2 aromatic carbocycles. The van der Waals surface area contributed by atoms with Gasteiger partial charge in [0.1, 0.15) is 0 Å². The second kappa shape index (κ2) is 8.91. The van der Waals surface area contributed by atoms with Gasteiger partial charge in [0, 0.05) is 36.1 Å². The third kappa shape index (κ3) is 4.71. The van der Waals surface area contributed by atoms with Gasteiger partial charge in [-0.1, -0.05) is 24.6 Å². The second-order valence-corrected chi connectivity index (χ2v) is 7.53. The van der Waals surface area contributed by atoms with Crippen LogP contribution in [0.2, 0.25) is 0 Å². The summed E-state index contributed by atoms with van der Waals surface area (Å²) in [7, 11) is 0. The molecule has 0 unspecified atom stereocenters. The lowest BCUT2D eigenvalue weighted by atomic mass is 10.1. The van der Waals surface area contributed by atoms with Crippen LogP contribution in [0.1, 0.15) is 59.4 Å². The Bertz CT molecular complexity index is 839. The van der Waals surface area contributed by atoms with E-state index >= 15 is 0 Å². The van der Waals surface area contributed by atoms with E-state index in [4.69, 9.17) is 0 Å². The molecule has 1 heterocycles. The van der Waals surface area contributed by atoms with Crippen molar-refractivity contribution in [2.24, 2.45) is 0 Å². The van der Waals surface area contributed by atoms with Crippen LogP contribution in [0, 0.1) is 6.92 Å². The molecule has 2 N–H and O–H groups in total. The Morgan fingerprint density at radius 2 is 1.71 bits per heavy atom. The first-order valence-electron chi connectivity index (χ1n) is 10.1. The molecular formula is C23H29N3O2. The van der Waals surface area contributed by atoms with Crippen molar-refractivity contribution in [3.63, 3.8) is 0 Å². The van der Waals surface area contributed by atoms with Crippen molar-refractivity contribution >= 4 is 23.2 Å². The fourth-order valence-corrected chi connectivity index (χ4v) is 3.34. The van der Waals surface area contributed by atoms with Crippen molar-refractivity contribution in [2.45, 2.75) is 46.1 Å². The van der Waals surface area contributed by atoms with Crippen LogP contribution < -0.4 is 15.5 Å². The maximum Gasteiger partial charge on any atom is 0.255 e. The van der Waals surface area contributed by atoms with E-state index in [9.17, 15) is 9.59 Å². The molecule has 1 atom stereocenters. The molecule has 2 amide bonds. The SMILES string of the molecule is CC[C@@H](C)NC(=O)c1cc(NC(=O)c2ccc(C)cc2)ccc1N1CCCC1. The summed E-state index contributed by atoms with van der Waals surface area (Å²) in [5.41, 5.74) is 3.88. The molecule has 1 fully saturated rings. The Labute approximate surface area is 167 Å². The van der Waals surface area contributed by atoms with Gasteiger partial charge in [-0.05, 0) is 63.4 Å². The lowest BCUT2D eigenvalue weighted by Gasteiger charge is -2.23. The van der Waals surface area contributed by atoms with Gasteiger partial charge in [-0.2, -0.15) is 0 Å². The monoisotopic (exact) mass is 379 g/mol. The summed E-state index contributed by atoms with van der Waals surface area (Å²) >= 11 is 0. The first kappa shape index (κ1) is 19.9. The standard InChI is InChI=1S/C23H29N3O2/c1-4-17(3)24-23(28)20-15-19(11-12-21(20)26-13-5-6-14-26)25-22(27)18-9-7-16(2)8-10-18/h7-12,15,17H,4-6,13-14H2,1-3H3,(H,24,28)(H,25,27)/t17-/m1/s1. The second-order valence-electron chi connectivity index (χ2n) is 7.53. The summed E-state index contributed by atoms with van der Waals surface area (Å²) in [6.45, 7) is 7.94. The highest BCUT2D eigenvalue weighted by Gasteiger charge is 2.21. The Hall–Kier alpha value is -2.82. The van der Waals surface area contributed by atoms with Crippen LogP contribution in [-0.4, -0.2) is 30.9 Å². The number of anilines is 2. The largest absolute Gasteiger partial charge is 0.371 e. The molecule has 0 spiro atoms. The highest BCUT2D eigenvalue weighted by Crippen LogP contribution is 2.28. The van der Waals surface area contributed by atoms with Gasteiger partial charge in [0.05, 0.1) is 5.56 Å². The Morgan fingerprint density at radius 1 is 1.04 bits per heavy atom. The van der Waals surface area contributed by atoms with Crippen LogP contribution in [0.5, 0.6) is 0 Å². The van der Waals surface area contributed by atoms with Crippen molar-refractivity contribution in [3.05, 3.63) is 59.2 Å². The topological polar surface area (TPSA) is 61.4 Å².